The Morgan fingerprint density at radius 2 is 2.00 bits per heavy atom. The van der Waals surface area contributed by atoms with Crippen LogP contribution in [0.5, 0.6) is 11.5 Å². The van der Waals surface area contributed by atoms with Crippen LogP contribution in [-0.2, 0) is 16.1 Å². The van der Waals surface area contributed by atoms with E-state index in [1.165, 1.54) is 12.8 Å². The standard InChI is InChI=1S/C22H32N2O4/c1-26-18-9-10-20(27-2)16(13-18)14-23(17-7-8-17)15-22(25)24-11-12-28-21-6-4-3-5-19(21)24/h9-10,13,17,19,21H,3-8,11-12,14-15H2,1-2H3/t19-,21-/m1/s1. The minimum atomic E-state index is 0.235. The van der Waals surface area contributed by atoms with E-state index >= 15 is 0 Å². The van der Waals surface area contributed by atoms with Gasteiger partial charge in [0.05, 0.1) is 39.5 Å². The van der Waals surface area contributed by atoms with Crippen LogP contribution in [0.3, 0.4) is 0 Å². The molecule has 1 heterocycles. The van der Waals surface area contributed by atoms with Gasteiger partial charge in [0.2, 0.25) is 5.91 Å². The van der Waals surface area contributed by atoms with Crippen molar-refractivity contribution in [2.24, 2.45) is 0 Å². The van der Waals surface area contributed by atoms with Crippen molar-refractivity contribution in [3.05, 3.63) is 23.8 Å². The molecule has 0 unspecified atom stereocenters. The lowest BCUT2D eigenvalue weighted by molar-refractivity contribution is -0.150. The van der Waals surface area contributed by atoms with E-state index in [0.29, 0.717) is 25.7 Å². The molecule has 1 aliphatic heterocycles. The molecule has 2 saturated carbocycles. The molecule has 154 valence electrons. The molecule has 0 bridgehead atoms. The number of fused-ring (bicyclic) bond motifs is 1. The molecule has 2 atom stereocenters. The van der Waals surface area contributed by atoms with Gasteiger partial charge in [0.25, 0.3) is 0 Å². The molecule has 6 nitrogen and oxygen atoms in total. The molecular formula is C22H32N2O4. The molecule has 4 rings (SSSR count). The summed E-state index contributed by atoms with van der Waals surface area (Å²) in [6, 6.07) is 6.62. The van der Waals surface area contributed by atoms with Crippen LogP contribution in [0.1, 0.15) is 44.1 Å². The minimum absolute atomic E-state index is 0.235. The second-order valence-corrected chi connectivity index (χ2v) is 8.16. The fourth-order valence-corrected chi connectivity index (χ4v) is 4.65. The maximum Gasteiger partial charge on any atom is 0.237 e. The molecule has 1 aromatic carbocycles. The van der Waals surface area contributed by atoms with E-state index in [2.05, 4.69) is 9.80 Å². The number of ether oxygens (including phenoxy) is 3. The molecule has 0 radical (unpaired) electrons. The topological polar surface area (TPSA) is 51.2 Å². The average Bonchev–Trinajstić information content (AvgIpc) is 3.58. The average molecular weight is 389 g/mol. The summed E-state index contributed by atoms with van der Waals surface area (Å²) >= 11 is 0. The van der Waals surface area contributed by atoms with Gasteiger partial charge in [0.1, 0.15) is 11.5 Å². The lowest BCUT2D eigenvalue weighted by Gasteiger charge is -2.44. The van der Waals surface area contributed by atoms with Crippen molar-refractivity contribution in [1.82, 2.24) is 9.80 Å². The maximum atomic E-state index is 13.2. The van der Waals surface area contributed by atoms with Crippen LogP contribution in [0.25, 0.3) is 0 Å². The number of hydrogen-bond acceptors (Lipinski definition) is 5. The highest BCUT2D eigenvalue weighted by molar-refractivity contribution is 5.79. The van der Waals surface area contributed by atoms with Crippen LogP contribution in [0, 0.1) is 0 Å². The van der Waals surface area contributed by atoms with Crippen LogP contribution in [-0.4, -0.2) is 67.8 Å². The number of hydrogen-bond donors (Lipinski definition) is 0. The fourth-order valence-electron chi connectivity index (χ4n) is 4.65. The van der Waals surface area contributed by atoms with Gasteiger partial charge >= 0.3 is 0 Å². The summed E-state index contributed by atoms with van der Waals surface area (Å²) in [7, 11) is 3.36. The van der Waals surface area contributed by atoms with Gasteiger partial charge in [0.15, 0.2) is 0 Å². The van der Waals surface area contributed by atoms with E-state index in [9.17, 15) is 4.79 Å². The van der Waals surface area contributed by atoms with Crippen LogP contribution in [0.4, 0.5) is 0 Å². The van der Waals surface area contributed by atoms with Crippen molar-refractivity contribution in [3.63, 3.8) is 0 Å². The molecule has 1 amide bonds. The molecule has 6 heteroatoms. The van der Waals surface area contributed by atoms with Crippen LogP contribution >= 0.6 is 0 Å². The highest BCUT2D eigenvalue weighted by Gasteiger charge is 2.38. The van der Waals surface area contributed by atoms with Crippen LogP contribution in [0.2, 0.25) is 0 Å². The van der Waals surface area contributed by atoms with Gasteiger partial charge in [0, 0.05) is 24.7 Å². The maximum absolute atomic E-state index is 13.2. The lowest BCUT2D eigenvalue weighted by Crippen LogP contribution is -2.56. The Morgan fingerprint density at radius 1 is 1.18 bits per heavy atom. The Labute approximate surface area is 167 Å². The molecular weight excluding hydrogens is 356 g/mol. The number of benzene rings is 1. The molecule has 0 aromatic heterocycles. The molecule has 0 N–H and O–H groups in total. The Bertz CT molecular complexity index is 689. The summed E-state index contributed by atoms with van der Waals surface area (Å²) in [4.78, 5) is 17.7. The van der Waals surface area contributed by atoms with Gasteiger partial charge in [-0.25, -0.2) is 0 Å². The highest BCUT2D eigenvalue weighted by Crippen LogP contribution is 2.33. The van der Waals surface area contributed by atoms with Crippen molar-refractivity contribution in [1.29, 1.82) is 0 Å². The van der Waals surface area contributed by atoms with Crippen LogP contribution < -0.4 is 9.47 Å². The Kier molecular flexibility index (Phi) is 6.07. The quantitative estimate of drug-likeness (QED) is 0.719. The van der Waals surface area contributed by atoms with E-state index in [0.717, 1.165) is 49.3 Å². The zero-order chi connectivity index (χ0) is 19.5. The van der Waals surface area contributed by atoms with E-state index in [-0.39, 0.29) is 18.1 Å². The minimum Gasteiger partial charge on any atom is -0.497 e. The Morgan fingerprint density at radius 3 is 2.75 bits per heavy atom. The predicted octanol–water partition coefficient (Wildman–Crippen LogP) is 2.84. The third kappa shape index (κ3) is 4.28. The SMILES string of the molecule is COc1ccc(OC)c(CN(CC(=O)N2CCO[C@@H]3CCCC[C@H]32)C2CC2)c1. The Balaban J connectivity index is 1.46. The molecule has 3 fully saturated rings. The van der Waals surface area contributed by atoms with E-state index in [1.54, 1.807) is 14.2 Å². The number of carbonyl (C=O) groups excluding carboxylic acids is 1. The van der Waals surface area contributed by atoms with Gasteiger partial charge in [-0.15, -0.1) is 0 Å². The summed E-state index contributed by atoms with van der Waals surface area (Å²) in [5.74, 6) is 1.91. The van der Waals surface area contributed by atoms with Crippen molar-refractivity contribution in [3.8, 4) is 11.5 Å². The van der Waals surface area contributed by atoms with Gasteiger partial charge in [-0.3, -0.25) is 9.69 Å². The molecule has 0 spiro atoms. The number of morpholine rings is 1. The number of amides is 1. The van der Waals surface area contributed by atoms with Gasteiger partial charge in [-0.2, -0.15) is 0 Å². The summed E-state index contributed by atoms with van der Waals surface area (Å²) in [5, 5.41) is 0. The number of carbonyl (C=O) groups is 1. The Hall–Kier alpha value is -1.79. The first-order chi connectivity index (χ1) is 13.7. The molecule has 1 aromatic rings. The number of rotatable bonds is 7. The van der Waals surface area contributed by atoms with E-state index in [1.807, 2.05) is 18.2 Å². The normalized spacial score (nSPS) is 24.8. The van der Waals surface area contributed by atoms with Crippen molar-refractivity contribution < 1.29 is 19.0 Å². The van der Waals surface area contributed by atoms with E-state index < -0.39 is 0 Å². The predicted molar refractivity (Wildman–Crippen MR) is 107 cm³/mol. The smallest absolute Gasteiger partial charge is 0.237 e. The van der Waals surface area contributed by atoms with Crippen molar-refractivity contribution >= 4 is 5.91 Å². The zero-order valence-electron chi connectivity index (χ0n) is 17.1. The van der Waals surface area contributed by atoms with Gasteiger partial charge in [-0.1, -0.05) is 12.8 Å². The monoisotopic (exact) mass is 388 g/mol. The third-order valence-electron chi connectivity index (χ3n) is 6.32. The number of nitrogens with zero attached hydrogens (tertiary/aromatic N) is 2. The summed E-state index contributed by atoms with van der Waals surface area (Å²) in [6.45, 7) is 2.56. The summed E-state index contributed by atoms with van der Waals surface area (Å²) in [6.07, 6.45) is 7.13. The highest BCUT2D eigenvalue weighted by atomic mass is 16.5. The first-order valence-electron chi connectivity index (χ1n) is 10.6. The fraction of sp³-hybridized carbons (Fsp3) is 0.682. The van der Waals surface area contributed by atoms with Gasteiger partial charge in [-0.05, 0) is 43.9 Å². The molecule has 1 saturated heterocycles. The van der Waals surface area contributed by atoms with E-state index in [4.69, 9.17) is 14.2 Å². The van der Waals surface area contributed by atoms with Crippen LogP contribution in [0.15, 0.2) is 18.2 Å². The lowest BCUT2D eigenvalue weighted by atomic mass is 9.90. The third-order valence-corrected chi connectivity index (χ3v) is 6.32. The first kappa shape index (κ1) is 19.5. The van der Waals surface area contributed by atoms with Crippen molar-refractivity contribution in [2.75, 3.05) is 33.9 Å². The largest absolute Gasteiger partial charge is 0.497 e. The summed E-state index contributed by atoms with van der Waals surface area (Å²) in [5.41, 5.74) is 1.07. The van der Waals surface area contributed by atoms with Crippen molar-refractivity contribution in [2.45, 2.75) is 63.3 Å². The second kappa shape index (κ2) is 8.70. The molecule has 3 aliphatic rings. The zero-order valence-corrected chi connectivity index (χ0v) is 17.1. The summed E-state index contributed by atoms with van der Waals surface area (Å²) < 4.78 is 16.9. The molecule has 2 aliphatic carbocycles. The van der Waals surface area contributed by atoms with Gasteiger partial charge < -0.3 is 19.1 Å². The first-order valence-corrected chi connectivity index (χ1v) is 10.6. The number of methoxy groups -OCH3 is 2. The second-order valence-electron chi connectivity index (χ2n) is 8.16. The molecule has 28 heavy (non-hydrogen) atoms.